The van der Waals surface area contributed by atoms with Crippen LogP contribution in [0.25, 0.3) is 11.3 Å². The summed E-state index contributed by atoms with van der Waals surface area (Å²) in [7, 11) is 3.40. The average molecular weight is 421 g/mol. The molecule has 0 amide bonds. The first-order chi connectivity index (χ1) is 14.3. The van der Waals surface area contributed by atoms with E-state index in [-0.39, 0.29) is 11.7 Å². The van der Waals surface area contributed by atoms with Crippen molar-refractivity contribution >= 4 is 0 Å². The molecule has 5 nitrogen and oxygen atoms in total. The van der Waals surface area contributed by atoms with Gasteiger partial charge in [-0.15, -0.1) is 5.10 Å². The molecular weight excluding hydrogens is 395 g/mol. The molecule has 1 aromatic carbocycles. The van der Waals surface area contributed by atoms with Gasteiger partial charge in [0.2, 0.25) is 0 Å². The number of methoxy groups -OCH3 is 1. The third kappa shape index (κ3) is 3.90. The number of aromatic nitrogens is 2. The van der Waals surface area contributed by atoms with Crippen molar-refractivity contribution in [2.45, 2.75) is 44.4 Å². The monoisotopic (exact) mass is 421 g/mol. The minimum absolute atomic E-state index is 0.106. The van der Waals surface area contributed by atoms with Crippen molar-refractivity contribution in [2.75, 3.05) is 27.2 Å². The lowest BCUT2D eigenvalue weighted by Crippen LogP contribution is -2.35. The summed E-state index contributed by atoms with van der Waals surface area (Å²) in [6.07, 6.45) is -0.699. The first-order valence-corrected chi connectivity index (χ1v) is 10.3. The van der Waals surface area contributed by atoms with Gasteiger partial charge in [0.25, 0.3) is 0 Å². The number of nitrogens with zero attached hydrogens (tertiary/aromatic N) is 3. The van der Waals surface area contributed by atoms with Crippen molar-refractivity contribution in [1.82, 2.24) is 15.1 Å². The van der Waals surface area contributed by atoms with E-state index in [0.717, 1.165) is 68.5 Å². The van der Waals surface area contributed by atoms with Crippen molar-refractivity contribution in [3.8, 4) is 17.0 Å². The number of halogens is 3. The third-order valence-electron chi connectivity index (χ3n) is 6.24. The smallest absolute Gasteiger partial charge is 0.416 e. The quantitative estimate of drug-likeness (QED) is 0.808. The number of benzene rings is 1. The maximum Gasteiger partial charge on any atom is 0.416 e. The van der Waals surface area contributed by atoms with Crippen LogP contribution in [0.2, 0.25) is 0 Å². The SMILES string of the molecule is COc1cc(C(F)(F)F)ccc1-c1nnc([C@H](O)C2CCCN(C)C2)c2c1CCC2. The molecule has 1 aliphatic heterocycles. The molecule has 4 rings (SSSR count). The Hall–Kier alpha value is -2.19. The maximum absolute atomic E-state index is 13.1. The number of fused-ring (bicyclic) bond motifs is 1. The van der Waals surface area contributed by atoms with Crippen LogP contribution in [0.1, 0.15) is 47.8 Å². The highest BCUT2D eigenvalue weighted by atomic mass is 19.4. The van der Waals surface area contributed by atoms with Crippen LogP contribution in [0, 0.1) is 5.92 Å². The molecule has 1 unspecified atom stereocenters. The Morgan fingerprint density at radius 3 is 2.63 bits per heavy atom. The highest BCUT2D eigenvalue weighted by Crippen LogP contribution is 2.41. The van der Waals surface area contributed by atoms with E-state index in [1.165, 1.54) is 13.2 Å². The number of rotatable bonds is 4. The van der Waals surface area contributed by atoms with Crippen LogP contribution in [-0.2, 0) is 19.0 Å². The molecule has 2 aliphatic rings. The van der Waals surface area contributed by atoms with Crippen LogP contribution >= 0.6 is 0 Å². The summed E-state index contributed by atoms with van der Waals surface area (Å²) in [6, 6.07) is 3.44. The fourth-order valence-electron chi connectivity index (χ4n) is 4.72. The summed E-state index contributed by atoms with van der Waals surface area (Å²) < 4.78 is 44.5. The zero-order valence-corrected chi connectivity index (χ0v) is 17.2. The van der Waals surface area contributed by atoms with Crippen LogP contribution in [0.3, 0.4) is 0 Å². The molecule has 30 heavy (non-hydrogen) atoms. The van der Waals surface area contributed by atoms with Gasteiger partial charge in [-0.3, -0.25) is 0 Å². The van der Waals surface area contributed by atoms with Gasteiger partial charge >= 0.3 is 6.18 Å². The predicted octanol–water partition coefficient (Wildman–Crippen LogP) is 4.03. The average Bonchev–Trinajstić information content (AvgIpc) is 3.21. The predicted molar refractivity (Wildman–Crippen MR) is 106 cm³/mol. The molecular formula is C22H26F3N3O2. The van der Waals surface area contributed by atoms with Crippen LogP contribution in [0.15, 0.2) is 18.2 Å². The van der Waals surface area contributed by atoms with Gasteiger partial charge in [-0.05, 0) is 75.0 Å². The Bertz CT molecular complexity index is 933. The molecule has 0 radical (unpaired) electrons. The molecule has 1 aromatic heterocycles. The summed E-state index contributed by atoms with van der Waals surface area (Å²) in [4.78, 5) is 2.21. The van der Waals surface area contributed by atoms with Gasteiger partial charge in [0.1, 0.15) is 17.5 Å². The van der Waals surface area contributed by atoms with Crippen molar-refractivity contribution < 1.29 is 23.0 Å². The zero-order chi connectivity index (χ0) is 21.5. The largest absolute Gasteiger partial charge is 0.496 e. The molecule has 1 N–H and O–H groups in total. The lowest BCUT2D eigenvalue weighted by atomic mass is 9.88. The van der Waals surface area contributed by atoms with E-state index in [9.17, 15) is 18.3 Å². The Morgan fingerprint density at radius 1 is 1.17 bits per heavy atom. The summed E-state index contributed by atoms with van der Waals surface area (Å²) in [5.74, 6) is 0.227. The fourth-order valence-corrected chi connectivity index (χ4v) is 4.72. The molecule has 162 valence electrons. The van der Waals surface area contributed by atoms with Crippen LogP contribution in [0.4, 0.5) is 13.2 Å². The second-order valence-electron chi connectivity index (χ2n) is 8.27. The molecule has 1 fully saturated rings. The zero-order valence-electron chi connectivity index (χ0n) is 17.2. The molecule has 8 heteroatoms. The minimum atomic E-state index is -4.44. The number of hydrogen-bond donors (Lipinski definition) is 1. The lowest BCUT2D eigenvalue weighted by Gasteiger charge is -2.33. The number of likely N-dealkylation sites (tertiary alicyclic amines) is 1. The third-order valence-corrected chi connectivity index (χ3v) is 6.24. The molecule has 0 bridgehead atoms. The van der Waals surface area contributed by atoms with Gasteiger partial charge in [-0.1, -0.05) is 0 Å². The highest BCUT2D eigenvalue weighted by molar-refractivity contribution is 5.72. The van der Waals surface area contributed by atoms with E-state index in [2.05, 4.69) is 22.1 Å². The highest BCUT2D eigenvalue weighted by Gasteiger charge is 2.34. The molecule has 2 atom stereocenters. The molecule has 1 saturated heterocycles. The number of alkyl halides is 3. The molecule has 2 heterocycles. The van der Waals surface area contributed by atoms with Crippen molar-refractivity contribution in [3.63, 3.8) is 0 Å². The van der Waals surface area contributed by atoms with Crippen LogP contribution in [0.5, 0.6) is 5.75 Å². The van der Waals surface area contributed by atoms with E-state index < -0.39 is 17.8 Å². The first-order valence-electron chi connectivity index (χ1n) is 10.3. The van der Waals surface area contributed by atoms with Crippen molar-refractivity contribution in [1.29, 1.82) is 0 Å². The summed E-state index contributed by atoms with van der Waals surface area (Å²) >= 11 is 0. The Kier molecular flexibility index (Phi) is 5.72. The van der Waals surface area contributed by atoms with E-state index >= 15 is 0 Å². The van der Waals surface area contributed by atoms with Crippen molar-refractivity contribution in [2.24, 2.45) is 5.92 Å². The topological polar surface area (TPSA) is 58.5 Å². The van der Waals surface area contributed by atoms with Gasteiger partial charge in [0, 0.05) is 18.0 Å². The Morgan fingerprint density at radius 2 is 1.93 bits per heavy atom. The number of aliphatic hydroxyl groups excluding tert-OH is 1. The molecule has 0 saturated carbocycles. The van der Waals surface area contributed by atoms with Crippen LogP contribution < -0.4 is 4.74 Å². The van der Waals surface area contributed by atoms with Crippen molar-refractivity contribution in [3.05, 3.63) is 40.6 Å². The standard InChI is InChI=1S/C22H26F3N3O2/c1-28-10-4-5-13(12-28)21(29)20-16-7-3-6-15(16)19(26-27-20)17-9-8-14(22(23,24)25)11-18(17)30-2/h8-9,11,13,21,29H,3-7,10,12H2,1-2H3/t13?,21-/m1/s1. The first kappa shape index (κ1) is 21.1. The number of aliphatic hydroxyl groups is 1. The molecule has 1 aliphatic carbocycles. The summed E-state index contributed by atoms with van der Waals surface area (Å²) in [6.45, 7) is 1.84. The number of ether oxygens (including phenoxy) is 1. The van der Waals surface area contributed by atoms with Gasteiger partial charge in [-0.2, -0.15) is 18.3 Å². The second-order valence-corrected chi connectivity index (χ2v) is 8.27. The summed E-state index contributed by atoms with van der Waals surface area (Å²) in [5, 5.41) is 19.8. The normalized spacial score (nSPS) is 20.8. The van der Waals surface area contributed by atoms with E-state index in [1.54, 1.807) is 0 Å². The summed E-state index contributed by atoms with van der Waals surface area (Å²) in [5.41, 5.74) is 2.85. The van der Waals surface area contributed by atoms with Gasteiger partial charge < -0.3 is 14.7 Å². The number of piperidine rings is 1. The van der Waals surface area contributed by atoms with Gasteiger partial charge in [0.05, 0.1) is 18.4 Å². The van der Waals surface area contributed by atoms with Gasteiger partial charge in [0.15, 0.2) is 0 Å². The number of hydrogen-bond acceptors (Lipinski definition) is 5. The Labute approximate surface area is 173 Å². The van der Waals surface area contributed by atoms with Crippen LogP contribution in [-0.4, -0.2) is 47.5 Å². The second kappa shape index (κ2) is 8.15. The van der Waals surface area contributed by atoms with Gasteiger partial charge in [-0.25, -0.2) is 0 Å². The van der Waals surface area contributed by atoms with E-state index in [0.29, 0.717) is 17.0 Å². The van der Waals surface area contributed by atoms with E-state index in [4.69, 9.17) is 4.74 Å². The van der Waals surface area contributed by atoms with E-state index in [1.807, 2.05) is 0 Å². The Balaban J connectivity index is 1.73. The maximum atomic E-state index is 13.1. The minimum Gasteiger partial charge on any atom is -0.496 e. The molecule has 0 spiro atoms. The molecule has 2 aromatic rings. The lowest BCUT2D eigenvalue weighted by molar-refractivity contribution is -0.137. The fraction of sp³-hybridized carbons (Fsp3) is 0.545.